The Kier molecular flexibility index (Phi) is 8.32. The molecule has 0 aliphatic carbocycles. The Bertz CT molecular complexity index is 774. The van der Waals surface area contributed by atoms with Crippen molar-refractivity contribution in [3.05, 3.63) is 30.3 Å². The normalized spacial score (nSPS) is 15.6. The maximum Gasteiger partial charge on any atom is 0.471 e. The van der Waals surface area contributed by atoms with Gasteiger partial charge in [-0.15, -0.1) is 0 Å². The molecule has 0 aromatic heterocycles. The third kappa shape index (κ3) is 5.95. The van der Waals surface area contributed by atoms with E-state index in [0.717, 1.165) is 0 Å². The van der Waals surface area contributed by atoms with Crippen molar-refractivity contribution in [1.82, 2.24) is 10.2 Å². The van der Waals surface area contributed by atoms with Gasteiger partial charge in [0.05, 0.1) is 0 Å². The number of benzene rings is 1. The molecule has 0 bridgehead atoms. The number of rotatable bonds is 9. The van der Waals surface area contributed by atoms with Crippen LogP contribution in [-0.2, 0) is 14.2 Å². The van der Waals surface area contributed by atoms with Crippen LogP contribution in [-0.4, -0.2) is 54.7 Å². The fourth-order valence-electron chi connectivity index (χ4n) is 2.56. The van der Waals surface area contributed by atoms with E-state index in [9.17, 15) is 42.2 Å². The van der Waals surface area contributed by atoms with Crippen molar-refractivity contribution in [2.75, 3.05) is 0 Å². The fourth-order valence-corrected chi connectivity index (χ4v) is 5.51. The number of nitrogens with zero attached hydrogens (tertiary/aromatic N) is 1. The molecule has 1 aromatic carbocycles. The summed E-state index contributed by atoms with van der Waals surface area (Å²) in [5, 5.41) is 11.8. The van der Waals surface area contributed by atoms with E-state index in [-0.39, 0.29) is 21.6 Å². The number of thioether (sulfide) groups is 1. The molecule has 4 N–H and O–H groups in total. The van der Waals surface area contributed by atoms with Gasteiger partial charge in [0.1, 0.15) is 6.04 Å². The third-order valence-corrected chi connectivity index (χ3v) is 6.87. The Morgan fingerprint density at radius 3 is 2.07 bits per heavy atom. The van der Waals surface area contributed by atoms with E-state index in [1.165, 1.54) is 45.0 Å². The number of carboxylic acid groups (broad SMARTS) is 1. The Hall–Kier alpha value is -1.59. The second kappa shape index (κ2) is 9.48. The van der Waals surface area contributed by atoms with Gasteiger partial charge >= 0.3 is 25.6 Å². The number of carboxylic acids is 1. The van der Waals surface area contributed by atoms with Crippen molar-refractivity contribution in [2.45, 2.75) is 55.1 Å². The monoisotopic (exact) mass is 458 g/mol. The predicted octanol–water partition coefficient (Wildman–Crippen LogP) is 2.82. The first-order valence-electron chi connectivity index (χ1n) is 8.38. The van der Waals surface area contributed by atoms with Crippen LogP contribution in [0.2, 0.25) is 0 Å². The standard InChI is InChI=1S/C16H22F3N2O6PS/c1-4-12(13(22)23)21(14(24)15(17,18)19)16(20-10(2)3,28(25,26)27)29-11-8-6-5-7-9-11/h5-10,12,20H,4H2,1-3H3,(H,22,23)(H2,25,26,27). The molecule has 1 aromatic rings. The number of carbonyl (C=O) groups excluding carboxylic acids is 1. The SMILES string of the molecule is CCC(C(=O)O)N(C(=O)C(F)(F)F)C(NC(C)C)(Sc1ccccc1)P(=O)(O)O. The second-order valence-electron chi connectivity index (χ2n) is 6.30. The smallest absolute Gasteiger partial charge is 0.471 e. The Balaban J connectivity index is 3.88. The molecule has 1 rings (SSSR count). The quantitative estimate of drug-likeness (QED) is 0.253. The molecule has 0 spiro atoms. The highest BCUT2D eigenvalue weighted by Gasteiger charge is 2.62. The Morgan fingerprint density at radius 1 is 1.21 bits per heavy atom. The summed E-state index contributed by atoms with van der Waals surface area (Å²) in [6.45, 7) is 3.99. The average molecular weight is 458 g/mol. The first-order chi connectivity index (χ1) is 13.2. The molecule has 0 aliphatic heterocycles. The number of aliphatic carboxylic acids is 1. The zero-order valence-corrected chi connectivity index (χ0v) is 17.5. The van der Waals surface area contributed by atoms with Crippen LogP contribution in [0.15, 0.2) is 35.2 Å². The van der Waals surface area contributed by atoms with E-state index in [2.05, 4.69) is 5.32 Å². The molecule has 29 heavy (non-hydrogen) atoms. The summed E-state index contributed by atoms with van der Waals surface area (Å²) in [6.07, 6.45) is -6.09. The maximum absolute atomic E-state index is 13.4. The molecule has 0 saturated carbocycles. The number of carbonyl (C=O) groups is 2. The lowest BCUT2D eigenvalue weighted by Gasteiger charge is -2.46. The molecule has 2 atom stereocenters. The van der Waals surface area contributed by atoms with Crippen molar-refractivity contribution < 1.29 is 42.2 Å². The lowest BCUT2D eigenvalue weighted by atomic mass is 10.2. The first kappa shape index (κ1) is 25.4. The largest absolute Gasteiger partial charge is 0.480 e. The van der Waals surface area contributed by atoms with Crippen molar-refractivity contribution in [1.29, 1.82) is 0 Å². The molecular formula is C16H22F3N2O6PS. The number of hydrogen-bond donors (Lipinski definition) is 4. The lowest BCUT2D eigenvalue weighted by Crippen LogP contribution is -2.66. The highest BCUT2D eigenvalue weighted by molar-refractivity contribution is 8.06. The van der Waals surface area contributed by atoms with Crippen molar-refractivity contribution in [2.24, 2.45) is 0 Å². The van der Waals surface area contributed by atoms with E-state index in [0.29, 0.717) is 0 Å². The average Bonchev–Trinajstić information content (AvgIpc) is 2.56. The van der Waals surface area contributed by atoms with Crippen LogP contribution in [0.25, 0.3) is 0 Å². The maximum atomic E-state index is 13.4. The van der Waals surface area contributed by atoms with Crippen LogP contribution in [0, 0.1) is 0 Å². The fraction of sp³-hybridized carbons (Fsp3) is 0.500. The van der Waals surface area contributed by atoms with Gasteiger partial charge in [0, 0.05) is 10.9 Å². The van der Waals surface area contributed by atoms with E-state index < -0.39 is 48.9 Å². The van der Waals surface area contributed by atoms with Crippen LogP contribution >= 0.6 is 19.4 Å². The molecule has 8 nitrogen and oxygen atoms in total. The van der Waals surface area contributed by atoms with Crippen molar-refractivity contribution in [3.63, 3.8) is 0 Å². The van der Waals surface area contributed by atoms with E-state index in [1.54, 1.807) is 6.07 Å². The van der Waals surface area contributed by atoms with Crippen LogP contribution in [0.4, 0.5) is 13.2 Å². The van der Waals surface area contributed by atoms with Crippen molar-refractivity contribution >= 4 is 31.2 Å². The van der Waals surface area contributed by atoms with Gasteiger partial charge in [-0.05, 0) is 32.4 Å². The zero-order chi connectivity index (χ0) is 22.6. The molecule has 0 aliphatic rings. The highest BCUT2D eigenvalue weighted by Crippen LogP contribution is 2.60. The van der Waals surface area contributed by atoms with Gasteiger partial charge in [-0.2, -0.15) is 13.2 Å². The third-order valence-electron chi connectivity index (χ3n) is 3.65. The van der Waals surface area contributed by atoms with Crippen LogP contribution in [0.5, 0.6) is 0 Å². The van der Waals surface area contributed by atoms with Crippen LogP contribution in [0.3, 0.4) is 0 Å². The zero-order valence-electron chi connectivity index (χ0n) is 15.8. The highest BCUT2D eigenvalue weighted by atomic mass is 32.2. The minimum absolute atomic E-state index is 0.115. The van der Waals surface area contributed by atoms with E-state index in [1.807, 2.05) is 0 Å². The van der Waals surface area contributed by atoms with Gasteiger partial charge in [0.15, 0.2) is 0 Å². The number of alkyl halides is 3. The summed E-state index contributed by atoms with van der Waals surface area (Å²) in [7, 11) is -5.62. The Labute approximate surface area is 169 Å². The molecule has 0 heterocycles. The van der Waals surface area contributed by atoms with Gasteiger partial charge in [0.25, 0.3) is 4.74 Å². The minimum atomic E-state index is -5.62. The number of amides is 1. The Morgan fingerprint density at radius 2 is 1.72 bits per heavy atom. The van der Waals surface area contributed by atoms with Gasteiger partial charge in [-0.1, -0.05) is 36.9 Å². The second-order valence-corrected chi connectivity index (χ2v) is 9.61. The van der Waals surface area contributed by atoms with Gasteiger partial charge in [-0.3, -0.25) is 19.6 Å². The molecule has 0 radical (unpaired) electrons. The topological polar surface area (TPSA) is 127 Å². The minimum Gasteiger partial charge on any atom is -0.480 e. The van der Waals surface area contributed by atoms with E-state index in [4.69, 9.17) is 0 Å². The van der Waals surface area contributed by atoms with Gasteiger partial charge in [-0.25, -0.2) is 4.79 Å². The number of halogens is 3. The molecule has 164 valence electrons. The summed E-state index contributed by atoms with van der Waals surface area (Å²) in [4.78, 5) is 44.0. The molecule has 1 amide bonds. The molecular weight excluding hydrogens is 436 g/mol. The first-order valence-corrected chi connectivity index (χ1v) is 10.8. The molecule has 2 unspecified atom stereocenters. The van der Waals surface area contributed by atoms with Gasteiger partial charge in [0.2, 0.25) is 0 Å². The molecule has 13 heteroatoms. The summed E-state index contributed by atoms with van der Waals surface area (Å²) in [5.74, 6) is -4.51. The summed E-state index contributed by atoms with van der Waals surface area (Å²) < 4.78 is 49.7. The van der Waals surface area contributed by atoms with Crippen LogP contribution in [0.1, 0.15) is 27.2 Å². The van der Waals surface area contributed by atoms with E-state index >= 15 is 0 Å². The van der Waals surface area contributed by atoms with Crippen molar-refractivity contribution in [3.8, 4) is 0 Å². The summed E-state index contributed by atoms with van der Waals surface area (Å²) in [6, 6.07) is 4.29. The summed E-state index contributed by atoms with van der Waals surface area (Å²) in [5.41, 5.74) is 0. The molecule has 0 saturated heterocycles. The number of hydrogen-bond acceptors (Lipinski definition) is 5. The van der Waals surface area contributed by atoms with Crippen LogP contribution < -0.4 is 5.32 Å². The lowest BCUT2D eigenvalue weighted by molar-refractivity contribution is -0.193. The summed E-state index contributed by atoms with van der Waals surface area (Å²) >= 11 is 0.253. The number of nitrogens with one attached hydrogen (secondary N) is 1. The molecule has 0 fully saturated rings. The van der Waals surface area contributed by atoms with Gasteiger partial charge < -0.3 is 14.9 Å². The predicted molar refractivity (Wildman–Crippen MR) is 100.0 cm³/mol.